The Morgan fingerprint density at radius 3 is 2.80 bits per heavy atom. The van der Waals surface area contributed by atoms with Crippen LogP contribution in [0.1, 0.15) is 6.42 Å². The van der Waals surface area contributed by atoms with Crippen LogP contribution in [0.25, 0.3) is 0 Å². The number of morpholine rings is 1. The van der Waals surface area contributed by atoms with Crippen molar-refractivity contribution >= 4 is 17.5 Å². The average Bonchev–Trinajstić information content (AvgIpc) is 2.49. The lowest BCUT2D eigenvalue weighted by Crippen LogP contribution is -2.48. The summed E-state index contributed by atoms with van der Waals surface area (Å²) in [7, 11) is 0. The predicted molar refractivity (Wildman–Crippen MR) is 75.3 cm³/mol. The Balaban J connectivity index is 1.65. The topological polar surface area (TPSA) is 79.5 Å². The lowest BCUT2D eigenvalue weighted by molar-refractivity contribution is -0.134. The first kappa shape index (κ1) is 14.5. The zero-order valence-electron chi connectivity index (χ0n) is 11.2. The Bertz CT molecular complexity index is 444. The van der Waals surface area contributed by atoms with Crippen molar-refractivity contribution < 1.29 is 14.3 Å². The van der Waals surface area contributed by atoms with E-state index in [-0.39, 0.29) is 18.2 Å². The first-order valence-electron chi connectivity index (χ1n) is 6.70. The molecule has 6 heteroatoms. The smallest absolute Gasteiger partial charge is 0.250 e. The Morgan fingerprint density at radius 1 is 1.30 bits per heavy atom. The van der Waals surface area contributed by atoms with Crippen molar-refractivity contribution in [3.63, 3.8) is 0 Å². The number of ether oxygens (including phenoxy) is 1. The molecule has 1 aliphatic rings. The van der Waals surface area contributed by atoms with Crippen LogP contribution < -0.4 is 16.0 Å². The maximum Gasteiger partial charge on any atom is 0.250 e. The SMILES string of the molecule is O=C(CCNC(=O)C1CNCCO1)Nc1ccccc1. The number of amides is 2. The van der Waals surface area contributed by atoms with Gasteiger partial charge in [-0.05, 0) is 12.1 Å². The minimum absolute atomic E-state index is 0.126. The standard InChI is InChI=1S/C14H19N3O3/c18-13(17-11-4-2-1-3-5-11)6-7-16-14(19)12-10-15-8-9-20-12/h1-5,12,15H,6-10H2,(H,16,19)(H,17,18). The molecule has 1 aromatic rings. The normalized spacial score (nSPS) is 18.3. The van der Waals surface area contributed by atoms with Gasteiger partial charge in [0.1, 0.15) is 6.10 Å². The van der Waals surface area contributed by atoms with Gasteiger partial charge in [-0.25, -0.2) is 0 Å². The molecule has 1 unspecified atom stereocenters. The van der Waals surface area contributed by atoms with Crippen LogP contribution in [-0.4, -0.2) is 44.2 Å². The second-order valence-electron chi connectivity index (χ2n) is 4.52. The van der Waals surface area contributed by atoms with Crippen LogP contribution in [0.4, 0.5) is 5.69 Å². The first-order chi connectivity index (χ1) is 9.75. The van der Waals surface area contributed by atoms with Gasteiger partial charge in [-0.2, -0.15) is 0 Å². The summed E-state index contributed by atoms with van der Waals surface area (Å²) in [6, 6.07) is 9.22. The summed E-state index contributed by atoms with van der Waals surface area (Å²) in [6.45, 7) is 2.12. The van der Waals surface area contributed by atoms with Gasteiger partial charge in [0.25, 0.3) is 0 Å². The van der Waals surface area contributed by atoms with Crippen molar-refractivity contribution in [2.24, 2.45) is 0 Å². The molecule has 1 saturated heterocycles. The minimum Gasteiger partial charge on any atom is -0.366 e. The summed E-state index contributed by atoms with van der Waals surface area (Å²) in [5.41, 5.74) is 0.753. The van der Waals surface area contributed by atoms with Crippen LogP contribution in [0.2, 0.25) is 0 Å². The van der Waals surface area contributed by atoms with Crippen molar-refractivity contribution in [2.75, 3.05) is 31.6 Å². The molecule has 2 rings (SSSR count). The molecule has 3 N–H and O–H groups in total. The molecule has 1 fully saturated rings. The monoisotopic (exact) mass is 277 g/mol. The largest absolute Gasteiger partial charge is 0.366 e. The van der Waals surface area contributed by atoms with Crippen molar-refractivity contribution in [1.29, 1.82) is 0 Å². The average molecular weight is 277 g/mol. The van der Waals surface area contributed by atoms with E-state index in [0.29, 0.717) is 19.7 Å². The van der Waals surface area contributed by atoms with E-state index < -0.39 is 6.10 Å². The molecule has 0 aliphatic carbocycles. The summed E-state index contributed by atoms with van der Waals surface area (Å²) in [5, 5.41) is 8.55. The van der Waals surface area contributed by atoms with Gasteiger partial charge in [-0.1, -0.05) is 18.2 Å². The van der Waals surface area contributed by atoms with Crippen molar-refractivity contribution in [3.05, 3.63) is 30.3 Å². The highest BCUT2D eigenvalue weighted by Gasteiger charge is 2.21. The molecule has 0 aromatic heterocycles. The molecule has 1 aliphatic heterocycles. The third-order valence-electron chi connectivity index (χ3n) is 2.93. The number of rotatable bonds is 5. The number of para-hydroxylation sites is 1. The van der Waals surface area contributed by atoms with Gasteiger partial charge >= 0.3 is 0 Å². The molecule has 0 saturated carbocycles. The Morgan fingerprint density at radius 2 is 2.10 bits per heavy atom. The van der Waals surface area contributed by atoms with Crippen molar-refractivity contribution in [1.82, 2.24) is 10.6 Å². The molecule has 6 nitrogen and oxygen atoms in total. The Kier molecular flexibility index (Phi) is 5.52. The zero-order valence-corrected chi connectivity index (χ0v) is 11.2. The molecule has 20 heavy (non-hydrogen) atoms. The number of hydrogen-bond acceptors (Lipinski definition) is 4. The molecule has 1 atom stereocenters. The number of nitrogens with one attached hydrogen (secondary N) is 3. The van der Waals surface area contributed by atoms with E-state index in [2.05, 4.69) is 16.0 Å². The van der Waals surface area contributed by atoms with Crippen LogP contribution >= 0.6 is 0 Å². The third-order valence-corrected chi connectivity index (χ3v) is 2.93. The quantitative estimate of drug-likeness (QED) is 0.714. The van der Waals surface area contributed by atoms with Gasteiger partial charge in [-0.3, -0.25) is 9.59 Å². The van der Waals surface area contributed by atoms with Gasteiger partial charge < -0.3 is 20.7 Å². The fourth-order valence-corrected chi connectivity index (χ4v) is 1.89. The molecule has 0 radical (unpaired) electrons. The van der Waals surface area contributed by atoms with Gasteiger partial charge in [-0.15, -0.1) is 0 Å². The Labute approximate surface area is 117 Å². The molecule has 1 aromatic carbocycles. The van der Waals surface area contributed by atoms with E-state index in [1.54, 1.807) is 0 Å². The van der Waals surface area contributed by atoms with Gasteiger partial charge in [0, 0.05) is 31.7 Å². The zero-order chi connectivity index (χ0) is 14.2. The summed E-state index contributed by atoms with van der Waals surface area (Å²) in [6.07, 6.45) is -0.221. The summed E-state index contributed by atoms with van der Waals surface area (Å²) in [4.78, 5) is 23.4. The number of carbonyl (C=O) groups is 2. The van der Waals surface area contributed by atoms with Crippen molar-refractivity contribution in [2.45, 2.75) is 12.5 Å². The fourth-order valence-electron chi connectivity index (χ4n) is 1.89. The minimum atomic E-state index is -0.457. The number of anilines is 1. The maximum absolute atomic E-state index is 11.7. The second-order valence-corrected chi connectivity index (χ2v) is 4.52. The molecular formula is C14H19N3O3. The number of benzene rings is 1. The van der Waals surface area contributed by atoms with E-state index in [4.69, 9.17) is 4.74 Å². The second kappa shape index (κ2) is 7.62. The van der Waals surface area contributed by atoms with Crippen LogP contribution in [0.15, 0.2) is 30.3 Å². The predicted octanol–water partition coefficient (Wildman–Crippen LogP) is 0.120. The third kappa shape index (κ3) is 4.64. The van der Waals surface area contributed by atoms with E-state index in [1.807, 2.05) is 30.3 Å². The highest BCUT2D eigenvalue weighted by molar-refractivity contribution is 5.91. The lowest BCUT2D eigenvalue weighted by Gasteiger charge is -2.22. The summed E-state index contributed by atoms with van der Waals surface area (Å²) in [5.74, 6) is -0.302. The molecule has 0 spiro atoms. The van der Waals surface area contributed by atoms with Crippen LogP contribution in [0, 0.1) is 0 Å². The lowest BCUT2D eigenvalue weighted by atomic mass is 10.2. The van der Waals surface area contributed by atoms with E-state index in [0.717, 1.165) is 12.2 Å². The molecule has 0 bridgehead atoms. The Hall–Kier alpha value is -1.92. The van der Waals surface area contributed by atoms with Crippen LogP contribution in [0.3, 0.4) is 0 Å². The molecular weight excluding hydrogens is 258 g/mol. The maximum atomic E-state index is 11.7. The highest BCUT2D eigenvalue weighted by atomic mass is 16.5. The number of hydrogen-bond donors (Lipinski definition) is 3. The summed E-state index contributed by atoms with van der Waals surface area (Å²) >= 11 is 0. The molecule has 108 valence electrons. The van der Waals surface area contributed by atoms with Gasteiger partial charge in [0.05, 0.1) is 6.61 Å². The highest BCUT2D eigenvalue weighted by Crippen LogP contribution is 2.05. The van der Waals surface area contributed by atoms with Crippen LogP contribution in [0.5, 0.6) is 0 Å². The van der Waals surface area contributed by atoms with E-state index in [9.17, 15) is 9.59 Å². The molecule has 2 amide bonds. The van der Waals surface area contributed by atoms with Crippen LogP contribution in [-0.2, 0) is 14.3 Å². The van der Waals surface area contributed by atoms with E-state index in [1.165, 1.54) is 0 Å². The summed E-state index contributed by atoms with van der Waals surface area (Å²) < 4.78 is 5.32. The first-order valence-corrected chi connectivity index (χ1v) is 6.70. The van der Waals surface area contributed by atoms with E-state index >= 15 is 0 Å². The molecule has 1 heterocycles. The van der Waals surface area contributed by atoms with Gasteiger partial charge in [0.2, 0.25) is 11.8 Å². The van der Waals surface area contributed by atoms with Gasteiger partial charge in [0.15, 0.2) is 0 Å². The number of carbonyl (C=O) groups excluding carboxylic acids is 2. The fraction of sp³-hybridized carbons (Fsp3) is 0.429. The van der Waals surface area contributed by atoms with Crippen molar-refractivity contribution in [3.8, 4) is 0 Å².